The van der Waals surface area contributed by atoms with Gasteiger partial charge in [-0.1, -0.05) is 30.3 Å². The van der Waals surface area contributed by atoms with Gasteiger partial charge in [0.05, 0.1) is 17.3 Å². The summed E-state index contributed by atoms with van der Waals surface area (Å²) in [5, 5.41) is 12.9. The Labute approximate surface area is 204 Å². The Balaban J connectivity index is 1.22. The number of furan rings is 1. The van der Waals surface area contributed by atoms with E-state index in [-0.39, 0.29) is 11.7 Å². The number of hydrogen-bond acceptors (Lipinski definition) is 6. The maximum absolute atomic E-state index is 12.8. The highest BCUT2D eigenvalue weighted by Crippen LogP contribution is 2.30. The van der Waals surface area contributed by atoms with Crippen molar-refractivity contribution in [3.8, 4) is 6.07 Å². The van der Waals surface area contributed by atoms with E-state index < -0.39 is 0 Å². The molecule has 7 heteroatoms. The molecule has 0 bridgehead atoms. The van der Waals surface area contributed by atoms with Crippen LogP contribution in [0, 0.1) is 11.3 Å². The van der Waals surface area contributed by atoms with E-state index in [0.717, 1.165) is 67.1 Å². The lowest BCUT2D eigenvalue weighted by molar-refractivity contribution is 0.0925. The van der Waals surface area contributed by atoms with E-state index in [9.17, 15) is 4.79 Å². The molecule has 1 saturated heterocycles. The molecule has 3 heterocycles. The summed E-state index contributed by atoms with van der Waals surface area (Å²) in [6.45, 7) is 5.08. The summed E-state index contributed by atoms with van der Waals surface area (Å²) in [5.41, 5.74) is 4.33. The molecule has 176 valence electrons. The Hall–Kier alpha value is -4.15. The Morgan fingerprint density at radius 3 is 2.69 bits per heavy atom. The Kier molecular flexibility index (Phi) is 6.73. The average Bonchev–Trinajstić information content (AvgIpc) is 3.36. The molecule has 4 aromatic rings. The number of nitrogens with one attached hydrogen (secondary N) is 1. The van der Waals surface area contributed by atoms with Gasteiger partial charge in [0.15, 0.2) is 11.3 Å². The molecule has 1 N–H and O–H groups in total. The van der Waals surface area contributed by atoms with Crippen LogP contribution in [0.25, 0.3) is 11.0 Å². The van der Waals surface area contributed by atoms with Gasteiger partial charge in [0.1, 0.15) is 0 Å². The van der Waals surface area contributed by atoms with Crippen molar-refractivity contribution >= 4 is 22.6 Å². The molecule has 0 aliphatic carbocycles. The first kappa shape index (κ1) is 22.6. The predicted molar refractivity (Wildman–Crippen MR) is 135 cm³/mol. The number of carbonyl (C=O) groups excluding carboxylic acids is 1. The highest BCUT2D eigenvalue weighted by atomic mass is 16.3. The largest absolute Gasteiger partial charge is 0.449 e. The number of nitrogens with zero attached hydrogens (tertiary/aromatic N) is 4. The van der Waals surface area contributed by atoms with Crippen molar-refractivity contribution in [2.45, 2.75) is 13.0 Å². The SMILES string of the molecule is N#Cc1cccc(CNC(=O)c2cc3cccc(N4CCN(CCc5ccccn5)CC4)c3o2)c1. The highest BCUT2D eigenvalue weighted by molar-refractivity contribution is 5.99. The van der Waals surface area contributed by atoms with E-state index in [2.05, 4.69) is 38.3 Å². The number of pyridine rings is 1. The number of amides is 1. The number of benzene rings is 2. The van der Waals surface area contributed by atoms with E-state index in [1.54, 1.807) is 18.2 Å². The van der Waals surface area contributed by atoms with Crippen LogP contribution in [0.5, 0.6) is 0 Å². The molecule has 1 fully saturated rings. The van der Waals surface area contributed by atoms with Crippen molar-refractivity contribution in [1.29, 1.82) is 5.26 Å². The van der Waals surface area contributed by atoms with E-state index in [4.69, 9.17) is 9.68 Å². The summed E-state index contributed by atoms with van der Waals surface area (Å²) in [4.78, 5) is 22.0. The second kappa shape index (κ2) is 10.4. The fourth-order valence-electron chi connectivity index (χ4n) is 4.46. The molecule has 0 unspecified atom stereocenters. The molecule has 1 amide bonds. The standard InChI is InChI=1S/C28H27N5O2/c29-19-21-5-3-6-22(17-21)20-31-28(34)26-18-23-7-4-9-25(27(23)35-26)33-15-13-32(14-16-33)12-10-24-8-1-2-11-30-24/h1-9,11,17-18H,10,12-16,20H2,(H,31,34). The van der Waals surface area contributed by atoms with E-state index in [1.165, 1.54) is 0 Å². The first-order chi connectivity index (χ1) is 17.2. The minimum Gasteiger partial charge on any atom is -0.449 e. The number of nitriles is 1. The summed E-state index contributed by atoms with van der Waals surface area (Å²) in [7, 11) is 0. The van der Waals surface area contributed by atoms with Gasteiger partial charge in [0.2, 0.25) is 0 Å². The van der Waals surface area contributed by atoms with Crippen LogP contribution < -0.4 is 10.2 Å². The fourth-order valence-corrected chi connectivity index (χ4v) is 4.46. The lowest BCUT2D eigenvalue weighted by atomic mass is 10.1. The van der Waals surface area contributed by atoms with Crippen LogP contribution in [0.3, 0.4) is 0 Å². The summed E-state index contributed by atoms with van der Waals surface area (Å²) >= 11 is 0. The molecular weight excluding hydrogens is 438 g/mol. The van der Waals surface area contributed by atoms with Crippen molar-refractivity contribution in [2.24, 2.45) is 0 Å². The van der Waals surface area contributed by atoms with Crippen LogP contribution >= 0.6 is 0 Å². The van der Waals surface area contributed by atoms with Crippen molar-refractivity contribution in [1.82, 2.24) is 15.2 Å². The van der Waals surface area contributed by atoms with Crippen LogP contribution in [-0.4, -0.2) is 48.5 Å². The summed E-state index contributed by atoms with van der Waals surface area (Å²) in [6.07, 6.45) is 2.80. The van der Waals surface area contributed by atoms with Crippen LogP contribution in [-0.2, 0) is 13.0 Å². The van der Waals surface area contributed by atoms with Gasteiger partial charge in [-0.3, -0.25) is 14.7 Å². The molecule has 35 heavy (non-hydrogen) atoms. The van der Waals surface area contributed by atoms with Gasteiger partial charge >= 0.3 is 0 Å². The van der Waals surface area contributed by atoms with Gasteiger partial charge in [-0.2, -0.15) is 5.26 Å². The molecule has 0 radical (unpaired) electrons. The first-order valence-corrected chi connectivity index (χ1v) is 11.9. The van der Waals surface area contributed by atoms with Crippen molar-refractivity contribution < 1.29 is 9.21 Å². The zero-order chi connectivity index (χ0) is 24.0. The third-order valence-electron chi connectivity index (χ3n) is 6.38. The van der Waals surface area contributed by atoms with Gasteiger partial charge in [0, 0.05) is 63.0 Å². The first-order valence-electron chi connectivity index (χ1n) is 11.9. The van der Waals surface area contributed by atoms with Crippen LogP contribution in [0.15, 0.2) is 77.3 Å². The van der Waals surface area contributed by atoms with Gasteiger partial charge in [-0.05, 0) is 42.0 Å². The van der Waals surface area contributed by atoms with Crippen molar-refractivity contribution in [3.05, 3.63) is 95.5 Å². The molecule has 2 aromatic carbocycles. The molecule has 7 nitrogen and oxygen atoms in total. The maximum Gasteiger partial charge on any atom is 0.287 e. The number of aromatic nitrogens is 1. The lowest BCUT2D eigenvalue weighted by Gasteiger charge is -2.36. The Morgan fingerprint density at radius 2 is 1.89 bits per heavy atom. The number of anilines is 1. The van der Waals surface area contributed by atoms with Crippen LogP contribution in [0.2, 0.25) is 0 Å². The summed E-state index contributed by atoms with van der Waals surface area (Å²) in [5.74, 6) is 0.0201. The second-order valence-electron chi connectivity index (χ2n) is 8.70. The number of hydrogen-bond donors (Lipinski definition) is 1. The lowest BCUT2D eigenvalue weighted by Crippen LogP contribution is -2.47. The predicted octanol–water partition coefficient (Wildman–Crippen LogP) is 3.99. The molecule has 0 saturated carbocycles. The monoisotopic (exact) mass is 465 g/mol. The summed E-state index contributed by atoms with van der Waals surface area (Å²) < 4.78 is 6.05. The normalized spacial score (nSPS) is 14.1. The zero-order valence-electron chi connectivity index (χ0n) is 19.5. The number of para-hydroxylation sites is 1. The third kappa shape index (κ3) is 5.34. The highest BCUT2D eigenvalue weighted by Gasteiger charge is 2.21. The van der Waals surface area contributed by atoms with E-state index in [0.29, 0.717) is 12.1 Å². The molecule has 2 aromatic heterocycles. The number of carbonyl (C=O) groups is 1. The quantitative estimate of drug-likeness (QED) is 0.444. The van der Waals surface area contributed by atoms with Gasteiger partial charge < -0.3 is 14.6 Å². The average molecular weight is 466 g/mol. The van der Waals surface area contributed by atoms with Gasteiger partial charge in [-0.25, -0.2) is 0 Å². The minimum absolute atomic E-state index is 0.270. The van der Waals surface area contributed by atoms with E-state index in [1.807, 2.05) is 42.6 Å². The van der Waals surface area contributed by atoms with Crippen LogP contribution in [0.1, 0.15) is 27.4 Å². The molecule has 0 spiro atoms. The smallest absolute Gasteiger partial charge is 0.287 e. The summed E-state index contributed by atoms with van der Waals surface area (Å²) in [6, 6.07) is 23.2. The number of rotatable bonds is 7. The van der Waals surface area contributed by atoms with Gasteiger partial charge in [0.25, 0.3) is 5.91 Å². The number of fused-ring (bicyclic) bond motifs is 1. The Morgan fingerprint density at radius 1 is 1.03 bits per heavy atom. The zero-order valence-corrected chi connectivity index (χ0v) is 19.5. The van der Waals surface area contributed by atoms with Gasteiger partial charge in [-0.15, -0.1) is 0 Å². The molecule has 1 aliphatic heterocycles. The van der Waals surface area contributed by atoms with Crippen LogP contribution in [0.4, 0.5) is 5.69 Å². The molecular formula is C28H27N5O2. The molecule has 1 aliphatic rings. The molecule has 5 rings (SSSR count). The minimum atomic E-state index is -0.270. The maximum atomic E-state index is 12.8. The Bertz CT molecular complexity index is 1350. The third-order valence-corrected chi connectivity index (χ3v) is 6.38. The fraction of sp³-hybridized carbons (Fsp3) is 0.250. The van der Waals surface area contributed by atoms with Crippen molar-refractivity contribution in [3.63, 3.8) is 0 Å². The van der Waals surface area contributed by atoms with E-state index >= 15 is 0 Å². The number of piperazine rings is 1. The molecule has 0 atom stereocenters. The second-order valence-corrected chi connectivity index (χ2v) is 8.70. The topological polar surface area (TPSA) is 85.4 Å². The van der Waals surface area contributed by atoms with Crippen molar-refractivity contribution in [2.75, 3.05) is 37.6 Å².